The molecule has 0 fully saturated rings. The molecule has 0 bridgehead atoms. The van der Waals surface area contributed by atoms with Gasteiger partial charge in [0.1, 0.15) is 5.82 Å². The van der Waals surface area contributed by atoms with E-state index >= 15 is 0 Å². The molecule has 1 aromatic carbocycles. The summed E-state index contributed by atoms with van der Waals surface area (Å²) in [5.41, 5.74) is 1.45. The van der Waals surface area contributed by atoms with Crippen LogP contribution in [0.5, 0.6) is 0 Å². The molecule has 1 aromatic heterocycles. The number of hydrogen-bond acceptors (Lipinski definition) is 3. The Bertz CT molecular complexity index is 688. The highest BCUT2D eigenvalue weighted by molar-refractivity contribution is 7.89. The van der Waals surface area contributed by atoms with Crippen LogP contribution in [0.1, 0.15) is 11.1 Å². The highest BCUT2D eigenvalue weighted by Crippen LogP contribution is 2.16. The molecule has 20 heavy (non-hydrogen) atoms. The molecule has 0 unspecified atom stereocenters. The summed E-state index contributed by atoms with van der Waals surface area (Å²) in [4.78, 5) is 3.93. The van der Waals surface area contributed by atoms with E-state index < -0.39 is 15.8 Å². The quantitative estimate of drug-likeness (QED) is 0.918. The van der Waals surface area contributed by atoms with Crippen LogP contribution < -0.4 is 4.72 Å². The van der Waals surface area contributed by atoms with Gasteiger partial charge in [0.25, 0.3) is 0 Å². The van der Waals surface area contributed by atoms with E-state index in [0.29, 0.717) is 12.0 Å². The van der Waals surface area contributed by atoms with Crippen LogP contribution >= 0.6 is 0 Å². The summed E-state index contributed by atoms with van der Waals surface area (Å²) in [5.74, 6) is -0.566. The molecule has 1 N–H and O–H groups in total. The second kappa shape index (κ2) is 6.11. The lowest BCUT2D eigenvalue weighted by Crippen LogP contribution is -2.26. The molecule has 0 aliphatic rings. The minimum Gasteiger partial charge on any atom is -0.264 e. The second-order valence-corrected chi connectivity index (χ2v) is 6.15. The molecular weight excluding hydrogens is 279 g/mol. The van der Waals surface area contributed by atoms with Crippen molar-refractivity contribution in [1.82, 2.24) is 9.71 Å². The third kappa shape index (κ3) is 3.61. The van der Waals surface area contributed by atoms with Gasteiger partial charge in [-0.2, -0.15) is 0 Å². The summed E-state index contributed by atoms with van der Waals surface area (Å²) in [5, 5.41) is 0. The first kappa shape index (κ1) is 14.6. The second-order valence-electron chi connectivity index (χ2n) is 4.42. The maximum Gasteiger partial charge on any atom is 0.240 e. The standard InChI is InChI=1S/C14H15FN2O2S/c1-11-4-5-13(15)9-14(11)20(18,19)17-8-6-12-3-2-7-16-10-12/h2-5,7,9-10,17H,6,8H2,1H3. The Morgan fingerprint density at radius 2 is 2.10 bits per heavy atom. The lowest BCUT2D eigenvalue weighted by atomic mass is 10.2. The van der Waals surface area contributed by atoms with Crippen molar-refractivity contribution in [3.8, 4) is 0 Å². The summed E-state index contributed by atoms with van der Waals surface area (Å²) in [6, 6.07) is 7.38. The van der Waals surface area contributed by atoms with Gasteiger partial charge in [-0.1, -0.05) is 12.1 Å². The van der Waals surface area contributed by atoms with Crippen molar-refractivity contribution in [2.45, 2.75) is 18.2 Å². The van der Waals surface area contributed by atoms with Crippen LogP contribution in [0.25, 0.3) is 0 Å². The molecule has 0 saturated carbocycles. The number of halogens is 1. The van der Waals surface area contributed by atoms with Gasteiger partial charge in [0.2, 0.25) is 10.0 Å². The molecule has 1 heterocycles. The summed E-state index contributed by atoms with van der Waals surface area (Å²) in [6.07, 6.45) is 3.87. The van der Waals surface area contributed by atoms with E-state index in [4.69, 9.17) is 0 Å². The van der Waals surface area contributed by atoms with Crippen LogP contribution in [0.15, 0.2) is 47.6 Å². The Balaban J connectivity index is 2.06. The average molecular weight is 294 g/mol. The maximum atomic E-state index is 13.2. The number of hydrogen-bond donors (Lipinski definition) is 1. The minimum atomic E-state index is -3.69. The van der Waals surface area contributed by atoms with Gasteiger partial charge in [0.15, 0.2) is 0 Å². The zero-order valence-electron chi connectivity index (χ0n) is 11.0. The van der Waals surface area contributed by atoms with Crippen molar-refractivity contribution in [2.24, 2.45) is 0 Å². The van der Waals surface area contributed by atoms with Crippen molar-refractivity contribution in [2.75, 3.05) is 6.54 Å². The number of aryl methyl sites for hydroxylation is 1. The van der Waals surface area contributed by atoms with E-state index in [2.05, 4.69) is 9.71 Å². The molecule has 0 atom stereocenters. The Morgan fingerprint density at radius 1 is 1.30 bits per heavy atom. The zero-order valence-corrected chi connectivity index (χ0v) is 11.8. The van der Waals surface area contributed by atoms with E-state index in [1.807, 2.05) is 6.07 Å². The maximum absolute atomic E-state index is 13.2. The van der Waals surface area contributed by atoms with Crippen LogP contribution in [-0.4, -0.2) is 19.9 Å². The number of sulfonamides is 1. The molecule has 6 heteroatoms. The van der Waals surface area contributed by atoms with Crippen molar-refractivity contribution >= 4 is 10.0 Å². The lowest BCUT2D eigenvalue weighted by Gasteiger charge is -2.09. The predicted molar refractivity (Wildman–Crippen MR) is 74.3 cm³/mol. The van der Waals surface area contributed by atoms with Gasteiger partial charge in [-0.05, 0) is 42.7 Å². The van der Waals surface area contributed by atoms with Crippen LogP contribution in [0.2, 0.25) is 0 Å². The molecule has 0 saturated heterocycles. The molecule has 106 valence electrons. The fourth-order valence-corrected chi connectivity index (χ4v) is 3.10. The molecule has 2 rings (SSSR count). The highest BCUT2D eigenvalue weighted by Gasteiger charge is 2.16. The summed E-state index contributed by atoms with van der Waals surface area (Å²) < 4.78 is 39.8. The van der Waals surface area contributed by atoms with Crippen molar-refractivity contribution < 1.29 is 12.8 Å². The lowest BCUT2D eigenvalue weighted by molar-refractivity contribution is 0.576. The van der Waals surface area contributed by atoms with Crippen LogP contribution in [0.3, 0.4) is 0 Å². The summed E-state index contributed by atoms with van der Waals surface area (Å²) >= 11 is 0. The summed E-state index contributed by atoms with van der Waals surface area (Å²) in [7, 11) is -3.69. The van der Waals surface area contributed by atoms with Gasteiger partial charge in [0, 0.05) is 18.9 Å². The topological polar surface area (TPSA) is 59.1 Å². The molecular formula is C14H15FN2O2S. The SMILES string of the molecule is Cc1ccc(F)cc1S(=O)(=O)NCCc1cccnc1. The van der Waals surface area contributed by atoms with Gasteiger partial charge >= 0.3 is 0 Å². The number of benzene rings is 1. The third-order valence-electron chi connectivity index (χ3n) is 2.87. The number of rotatable bonds is 5. The van der Waals surface area contributed by atoms with E-state index in [1.165, 1.54) is 12.1 Å². The van der Waals surface area contributed by atoms with Crippen molar-refractivity contribution in [3.05, 3.63) is 59.7 Å². The molecule has 0 aliphatic carbocycles. The largest absolute Gasteiger partial charge is 0.264 e. The smallest absolute Gasteiger partial charge is 0.240 e. The zero-order chi connectivity index (χ0) is 14.6. The van der Waals surface area contributed by atoms with Gasteiger partial charge < -0.3 is 0 Å². The Morgan fingerprint density at radius 3 is 2.80 bits per heavy atom. The molecule has 2 aromatic rings. The van der Waals surface area contributed by atoms with Gasteiger partial charge in [-0.25, -0.2) is 17.5 Å². The first-order valence-corrected chi connectivity index (χ1v) is 7.62. The minimum absolute atomic E-state index is 0.0244. The Hall–Kier alpha value is -1.79. The number of aromatic nitrogens is 1. The van der Waals surface area contributed by atoms with Crippen molar-refractivity contribution in [3.63, 3.8) is 0 Å². The fraction of sp³-hybridized carbons (Fsp3) is 0.214. The normalized spacial score (nSPS) is 11.5. The fourth-order valence-electron chi connectivity index (χ4n) is 1.82. The van der Waals surface area contributed by atoms with E-state index in [0.717, 1.165) is 11.6 Å². The third-order valence-corrected chi connectivity index (χ3v) is 4.47. The molecule has 0 amide bonds. The Labute approximate surface area is 117 Å². The molecule has 0 aliphatic heterocycles. The summed E-state index contributed by atoms with van der Waals surface area (Å²) in [6.45, 7) is 1.87. The number of nitrogens with one attached hydrogen (secondary N) is 1. The number of nitrogens with zero attached hydrogens (tertiary/aromatic N) is 1. The Kier molecular flexibility index (Phi) is 4.46. The van der Waals surface area contributed by atoms with E-state index in [9.17, 15) is 12.8 Å². The molecule has 0 spiro atoms. The van der Waals surface area contributed by atoms with Gasteiger partial charge in [-0.15, -0.1) is 0 Å². The first-order valence-electron chi connectivity index (χ1n) is 6.14. The van der Waals surface area contributed by atoms with Gasteiger partial charge in [-0.3, -0.25) is 4.98 Å². The van der Waals surface area contributed by atoms with E-state index in [1.54, 1.807) is 25.4 Å². The monoisotopic (exact) mass is 294 g/mol. The van der Waals surface area contributed by atoms with Crippen molar-refractivity contribution in [1.29, 1.82) is 0 Å². The molecule has 4 nitrogen and oxygen atoms in total. The average Bonchev–Trinajstić information content (AvgIpc) is 2.42. The van der Waals surface area contributed by atoms with Gasteiger partial charge in [0.05, 0.1) is 4.90 Å². The van der Waals surface area contributed by atoms with Crippen LogP contribution in [0, 0.1) is 12.7 Å². The first-order chi connectivity index (χ1) is 9.49. The molecule has 0 radical (unpaired) electrons. The van der Waals surface area contributed by atoms with E-state index in [-0.39, 0.29) is 11.4 Å². The van der Waals surface area contributed by atoms with Crippen LogP contribution in [-0.2, 0) is 16.4 Å². The highest BCUT2D eigenvalue weighted by atomic mass is 32.2. The number of pyridine rings is 1. The predicted octanol–water partition coefficient (Wildman–Crippen LogP) is 2.05. The van der Waals surface area contributed by atoms with Crippen LogP contribution in [0.4, 0.5) is 4.39 Å².